The van der Waals surface area contributed by atoms with Crippen LogP contribution in [0.15, 0.2) is 30.3 Å². The minimum absolute atomic E-state index is 0.111. The number of hydrogen-bond acceptors (Lipinski definition) is 3. The van der Waals surface area contributed by atoms with Gasteiger partial charge in [-0.25, -0.2) is 4.98 Å². The van der Waals surface area contributed by atoms with Gasteiger partial charge in [0.1, 0.15) is 5.82 Å². The number of carbonyl (C=O) groups excluding carboxylic acids is 1. The standard InChI is InChI=1S/C17H20BrN3O/c1-12-11-16(19-15-6-4-3-5-14(12)15)20-7-9-21(10-8-20)17(22)13(2)18/h3-6,11,13H,7-10H2,1-2H3. The molecule has 2 aromatic rings. The van der Waals surface area contributed by atoms with Crippen LogP contribution in [0.2, 0.25) is 0 Å². The van der Waals surface area contributed by atoms with E-state index in [1.54, 1.807) is 0 Å². The Bertz CT molecular complexity index is 693. The molecule has 0 N–H and O–H groups in total. The van der Waals surface area contributed by atoms with Crippen molar-refractivity contribution in [1.29, 1.82) is 0 Å². The molecular weight excluding hydrogens is 342 g/mol. The third-order valence-electron chi connectivity index (χ3n) is 4.17. The van der Waals surface area contributed by atoms with Crippen molar-refractivity contribution in [3.8, 4) is 0 Å². The lowest BCUT2D eigenvalue weighted by molar-refractivity contribution is -0.130. The number of para-hydroxylation sites is 1. The molecule has 1 aliphatic rings. The van der Waals surface area contributed by atoms with Crippen molar-refractivity contribution in [3.63, 3.8) is 0 Å². The lowest BCUT2D eigenvalue weighted by Gasteiger charge is -2.36. The topological polar surface area (TPSA) is 36.4 Å². The van der Waals surface area contributed by atoms with Gasteiger partial charge in [-0.2, -0.15) is 0 Å². The summed E-state index contributed by atoms with van der Waals surface area (Å²) in [5, 5.41) is 1.20. The Labute approximate surface area is 139 Å². The second-order valence-corrected chi connectivity index (χ2v) is 7.12. The Morgan fingerprint density at radius 3 is 2.59 bits per heavy atom. The normalized spacial score (nSPS) is 16.9. The Hall–Kier alpha value is -1.62. The molecule has 116 valence electrons. The summed E-state index contributed by atoms with van der Waals surface area (Å²) in [5.41, 5.74) is 2.28. The van der Waals surface area contributed by atoms with Gasteiger partial charge in [-0.1, -0.05) is 34.1 Å². The molecule has 2 heterocycles. The fourth-order valence-corrected chi connectivity index (χ4v) is 3.19. The molecule has 0 saturated carbocycles. The van der Waals surface area contributed by atoms with Gasteiger partial charge < -0.3 is 9.80 Å². The zero-order valence-electron chi connectivity index (χ0n) is 12.9. The number of carbonyl (C=O) groups is 1. The van der Waals surface area contributed by atoms with Crippen molar-refractivity contribution in [3.05, 3.63) is 35.9 Å². The van der Waals surface area contributed by atoms with Crippen molar-refractivity contribution in [2.45, 2.75) is 18.7 Å². The quantitative estimate of drug-likeness (QED) is 0.771. The summed E-state index contributed by atoms with van der Waals surface area (Å²) in [5.74, 6) is 1.18. The fourth-order valence-electron chi connectivity index (χ4n) is 2.90. The number of aromatic nitrogens is 1. The molecule has 1 amide bonds. The van der Waals surface area contributed by atoms with E-state index in [0.29, 0.717) is 0 Å². The molecule has 1 saturated heterocycles. The fraction of sp³-hybridized carbons (Fsp3) is 0.412. The maximum Gasteiger partial charge on any atom is 0.236 e. The number of halogens is 1. The number of piperazine rings is 1. The molecule has 0 bridgehead atoms. The predicted molar refractivity (Wildman–Crippen MR) is 93.7 cm³/mol. The number of pyridine rings is 1. The van der Waals surface area contributed by atoms with Crippen molar-refractivity contribution >= 4 is 38.6 Å². The van der Waals surface area contributed by atoms with Crippen LogP contribution in [0.5, 0.6) is 0 Å². The van der Waals surface area contributed by atoms with Crippen LogP contribution < -0.4 is 4.90 Å². The van der Waals surface area contributed by atoms with E-state index in [1.807, 2.05) is 24.0 Å². The monoisotopic (exact) mass is 361 g/mol. The first-order valence-corrected chi connectivity index (χ1v) is 8.52. The van der Waals surface area contributed by atoms with E-state index in [4.69, 9.17) is 4.98 Å². The Morgan fingerprint density at radius 2 is 1.91 bits per heavy atom. The van der Waals surface area contributed by atoms with E-state index >= 15 is 0 Å². The van der Waals surface area contributed by atoms with Gasteiger partial charge >= 0.3 is 0 Å². The summed E-state index contributed by atoms with van der Waals surface area (Å²) >= 11 is 3.35. The van der Waals surface area contributed by atoms with Gasteiger partial charge in [-0.15, -0.1) is 0 Å². The molecule has 0 radical (unpaired) electrons. The zero-order valence-corrected chi connectivity index (χ0v) is 14.5. The van der Waals surface area contributed by atoms with E-state index in [1.165, 1.54) is 10.9 Å². The van der Waals surface area contributed by atoms with Gasteiger partial charge in [-0.05, 0) is 31.5 Å². The summed E-state index contributed by atoms with van der Waals surface area (Å²) in [6, 6.07) is 10.4. The van der Waals surface area contributed by atoms with Crippen molar-refractivity contribution in [1.82, 2.24) is 9.88 Å². The summed E-state index contributed by atoms with van der Waals surface area (Å²) < 4.78 is 0. The number of benzene rings is 1. The zero-order chi connectivity index (χ0) is 15.7. The van der Waals surface area contributed by atoms with Crippen LogP contribution >= 0.6 is 15.9 Å². The van der Waals surface area contributed by atoms with Crippen molar-refractivity contribution < 1.29 is 4.79 Å². The molecule has 22 heavy (non-hydrogen) atoms. The van der Waals surface area contributed by atoms with Crippen LogP contribution in [-0.4, -0.2) is 46.8 Å². The van der Waals surface area contributed by atoms with Crippen LogP contribution in [0.1, 0.15) is 12.5 Å². The maximum absolute atomic E-state index is 12.0. The number of aryl methyl sites for hydroxylation is 1. The van der Waals surface area contributed by atoms with Crippen LogP contribution in [0.4, 0.5) is 5.82 Å². The molecule has 1 unspecified atom stereocenters. The molecular formula is C17H20BrN3O. The molecule has 1 atom stereocenters. The summed E-state index contributed by atoms with van der Waals surface area (Å²) in [4.78, 5) is 20.9. The first-order valence-electron chi connectivity index (χ1n) is 7.60. The molecule has 0 spiro atoms. The van der Waals surface area contributed by atoms with Gasteiger partial charge in [-0.3, -0.25) is 4.79 Å². The number of nitrogens with zero attached hydrogens (tertiary/aromatic N) is 3. The molecule has 5 heteroatoms. The second-order valence-electron chi connectivity index (χ2n) is 5.74. The average Bonchev–Trinajstić information content (AvgIpc) is 2.54. The van der Waals surface area contributed by atoms with Gasteiger partial charge in [0, 0.05) is 31.6 Å². The summed E-state index contributed by atoms with van der Waals surface area (Å²) in [6.07, 6.45) is 0. The lowest BCUT2D eigenvalue weighted by atomic mass is 10.1. The largest absolute Gasteiger partial charge is 0.353 e. The summed E-state index contributed by atoms with van der Waals surface area (Å²) in [7, 11) is 0. The third kappa shape index (κ3) is 2.95. The van der Waals surface area contributed by atoms with Crippen LogP contribution in [0, 0.1) is 6.92 Å². The van der Waals surface area contributed by atoms with Crippen LogP contribution in [0.3, 0.4) is 0 Å². The molecule has 1 aromatic carbocycles. The molecule has 1 fully saturated rings. The lowest BCUT2D eigenvalue weighted by Crippen LogP contribution is -2.50. The maximum atomic E-state index is 12.0. The number of rotatable bonds is 2. The highest BCUT2D eigenvalue weighted by molar-refractivity contribution is 9.10. The molecule has 0 aliphatic carbocycles. The van der Waals surface area contributed by atoms with E-state index in [0.717, 1.165) is 37.5 Å². The van der Waals surface area contributed by atoms with Gasteiger partial charge in [0.2, 0.25) is 5.91 Å². The van der Waals surface area contributed by atoms with Crippen molar-refractivity contribution in [2.75, 3.05) is 31.1 Å². The highest BCUT2D eigenvalue weighted by atomic mass is 79.9. The number of alkyl halides is 1. The molecule has 3 rings (SSSR count). The Balaban J connectivity index is 1.78. The minimum Gasteiger partial charge on any atom is -0.353 e. The first-order chi connectivity index (χ1) is 10.6. The molecule has 4 nitrogen and oxygen atoms in total. The molecule has 1 aromatic heterocycles. The SMILES string of the molecule is Cc1cc(N2CCN(C(=O)C(C)Br)CC2)nc2ccccc12. The Kier molecular flexibility index (Phi) is 4.34. The van der Waals surface area contributed by atoms with E-state index in [2.05, 4.69) is 46.0 Å². The highest BCUT2D eigenvalue weighted by Crippen LogP contribution is 2.23. The van der Waals surface area contributed by atoms with E-state index in [9.17, 15) is 4.79 Å². The van der Waals surface area contributed by atoms with Crippen LogP contribution in [0.25, 0.3) is 10.9 Å². The highest BCUT2D eigenvalue weighted by Gasteiger charge is 2.24. The third-order valence-corrected chi connectivity index (χ3v) is 4.56. The number of hydrogen-bond donors (Lipinski definition) is 0. The van der Waals surface area contributed by atoms with Crippen molar-refractivity contribution in [2.24, 2.45) is 0 Å². The number of anilines is 1. The average molecular weight is 362 g/mol. The van der Waals surface area contributed by atoms with E-state index in [-0.39, 0.29) is 10.7 Å². The molecule has 1 aliphatic heterocycles. The van der Waals surface area contributed by atoms with Crippen LogP contribution in [-0.2, 0) is 4.79 Å². The number of fused-ring (bicyclic) bond motifs is 1. The second kappa shape index (κ2) is 6.24. The Morgan fingerprint density at radius 1 is 1.23 bits per heavy atom. The van der Waals surface area contributed by atoms with Gasteiger partial charge in [0.05, 0.1) is 10.3 Å². The smallest absolute Gasteiger partial charge is 0.236 e. The number of amides is 1. The minimum atomic E-state index is -0.111. The summed E-state index contributed by atoms with van der Waals surface area (Å²) in [6.45, 7) is 7.17. The van der Waals surface area contributed by atoms with Gasteiger partial charge in [0.25, 0.3) is 0 Å². The van der Waals surface area contributed by atoms with Gasteiger partial charge in [0.15, 0.2) is 0 Å². The first kappa shape index (κ1) is 15.3. The van der Waals surface area contributed by atoms with E-state index < -0.39 is 0 Å². The predicted octanol–water partition coefficient (Wildman–Crippen LogP) is 2.98.